The molecule has 1 heterocycles. The maximum atomic E-state index is 12.2. The molecule has 21 heavy (non-hydrogen) atoms. The molecule has 1 atom stereocenters. The van der Waals surface area contributed by atoms with Gasteiger partial charge in [0.15, 0.2) is 0 Å². The van der Waals surface area contributed by atoms with Crippen LogP contribution >= 0.6 is 0 Å². The average molecular weight is 285 g/mol. The second kappa shape index (κ2) is 7.18. The van der Waals surface area contributed by atoms with Crippen molar-refractivity contribution in [3.8, 4) is 0 Å². The number of carbonyl (C=O) groups is 1. The Morgan fingerprint density at radius 3 is 2.86 bits per heavy atom. The molecule has 2 rings (SSSR count). The second-order valence-electron chi connectivity index (χ2n) is 5.89. The Kier molecular flexibility index (Phi) is 5.28. The standard InChI is InChI=1S/C17H23N3O/c1-12(2)8-13(10-18)9-17(21)20-16-5-3-4-14-11-19-7-6-15(14)16/h3-7,11-13H,8-10,18H2,1-2H3,(H,20,21)/t13-/m0/s1. The van der Waals surface area contributed by atoms with Crippen molar-refractivity contribution in [3.05, 3.63) is 36.7 Å². The Morgan fingerprint density at radius 1 is 1.33 bits per heavy atom. The molecule has 0 saturated heterocycles. The van der Waals surface area contributed by atoms with Crippen LogP contribution < -0.4 is 11.1 Å². The van der Waals surface area contributed by atoms with Gasteiger partial charge in [-0.25, -0.2) is 0 Å². The van der Waals surface area contributed by atoms with Gasteiger partial charge in [-0.3, -0.25) is 9.78 Å². The summed E-state index contributed by atoms with van der Waals surface area (Å²) < 4.78 is 0. The molecule has 0 saturated carbocycles. The van der Waals surface area contributed by atoms with Gasteiger partial charge in [-0.05, 0) is 36.9 Å². The first-order chi connectivity index (χ1) is 10.1. The van der Waals surface area contributed by atoms with E-state index in [2.05, 4.69) is 24.1 Å². The number of pyridine rings is 1. The van der Waals surface area contributed by atoms with Crippen molar-refractivity contribution in [2.45, 2.75) is 26.7 Å². The smallest absolute Gasteiger partial charge is 0.224 e. The van der Waals surface area contributed by atoms with Gasteiger partial charge < -0.3 is 11.1 Å². The lowest BCUT2D eigenvalue weighted by atomic mass is 9.94. The minimum Gasteiger partial charge on any atom is -0.330 e. The van der Waals surface area contributed by atoms with Crippen LogP contribution in [0.1, 0.15) is 26.7 Å². The van der Waals surface area contributed by atoms with Crippen molar-refractivity contribution in [2.24, 2.45) is 17.6 Å². The van der Waals surface area contributed by atoms with Gasteiger partial charge in [0.1, 0.15) is 0 Å². The van der Waals surface area contributed by atoms with E-state index in [9.17, 15) is 4.79 Å². The number of benzene rings is 1. The molecular weight excluding hydrogens is 262 g/mol. The molecule has 0 spiro atoms. The lowest BCUT2D eigenvalue weighted by Crippen LogP contribution is -2.23. The van der Waals surface area contributed by atoms with E-state index in [0.29, 0.717) is 18.9 Å². The minimum atomic E-state index is 0.0235. The van der Waals surface area contributed by atoms with E-state index >= 15 is 0 Å². The number of nitrogens with two attached hydrogens (primary N) is 1. The number of carbonyl (C=O) groups excluding carboxylic acids is 1. The van der Waals surface area contributed by atoms with E-state index in [0.717, 1.165) is 22.9 Å². The van der Waals surface area contributed by atoms with E-state index in [1.54, 1.807) is 12.4 Å². The van der Waals surface area contributed by atoms with Gasteiger partial charge in [0.05, 0.1) is 0 Å². The van der Waals surface area contributed by atoms with Crippen molar-refractivity contribution < 1.29 is 4.79 Å². The first-order valence-electron chi connectivity index (χ1n) is 7.42. The monoisotopic (exact) mass is 285 g/mol. The predicted octanol–water partition coefficient (Wildman–Crippen LogP) is 3.18. The van der Waals surface area contributed by atoms with Crippen LogP contribution in [0, 0.1) is 11.8 Å². The number of hydrogen-bond donors (Lipinski definition) is 2. The molecule has 1 aromatic carbocycles. The Morgan fingerprint density at radius 2 is 2.14 bits per heavy atom. The van der Waals surface area contributed by atoms with E-state index in [1.807, 2.05) is 24.3 Å². The number of aromatic nitrogens is 1. The van der Waals surface area contributed by atoms with Gasteiger partial charge in [0.25, 0.3) is 0 Å². The first kappa shape index (κ1) is 15.4. The summed E-state index contributed by atoms with van der Waals surface area (Å²) in [5, 5.41) is 5.03. The van der Waals surface area contributed by atoms with E-state index in [1.165, 1.54) is 0 Å². The van der Waals surface area contributed by atoms with E-state index < -0.39 is 0 Å². The number of fused-ring (bicyclic) bond motifs is 1. The minimum absolute atomic E-state index is 0.0235. The molecule has 1 amide bonds. The molecule has 0 aliphatic heterocycles. The Labute approximate surface area is 125 Å². The molecule has 0 radical (unpaired) electrons. The van der Waals surface area contributed by atoms with Crippen LogP contribution in [0.2, 0.25) is 0 Å². The van der Waals surface area contributed by atoms with Crippen molar-refractivity contribution in [3.63, 3.8) is 0 Å². The number of hydrogen-bond acceptors (Lipinski definition) is 3. The highest BCUT2D eigenvalue weighted by Gasteiger charge is 2.14. The van der Waals surface area contributed by atoms with Gasteiger partial charge in [-0.1, -0.05) is 26.0 Å². The summed E-state index contributed by atoms with van der Waals surface area (Å²) in [6.07, 6.45) is 4.98. The second-order valence-corrected chi connectivity index (χ2v) is 5.89. The summed E-state index contributed by atoms with van der Waals surface area (Å²) in [6.45, 7) is 4.85. The van der Waals surface area contributed by atoms with Crippen molar-refractivity contribution in [1.82, 2.24) is 4.98 Å². The highest BCUT2D eigenvalue weighted by Crippen LogP contribution is 2.23. The molecule has 0 unspecified atom stereocenters. The molecule has 112 valence electrons. The molecule has 0 aliphatic rings. The normalized spacial score (nSPS) is 12.6. The zero-order valence-electron chi connectivity index (χ0n) is 12.7. The Bertz CT molecular complexity index is 605. The topological polar surface area (TPSA) is 68.0 Å². The number of nitrogens with one attached hydrogen (secondary N) is 1. The molecule has 4 heteroatoms. The zero-order chi connectivity index (χ0) is 15.2. The quantitative estimate of drug-likeness (QED) is 0.856. The van der Waals surface area contributed by atoms with Crippen LogP contribution in [0.5, 0.6) is 0 Å². The average Bonchev–Trinajstić information content (AvgIpc) is 2.46. The summed E-state index contributed by atoms with van der Waals surface area (Å²) in [5.41, 5.74) is 6.60. The van der Waals surface area contributed by atoms with Crippen molar-refractivity contribution >= 4 is 22.4 Å². The molecule has 0 aliphatic carbocycles. The highest BCUT2D eigenvalue weighted by molar-refractivity contribution is 6.01. The zero-order valence-corrected chi connectivity index (χ0v) is 12.7. The maximum Gasteiger partial charge on any atom is 0.224 e. The van der Waals surface area contributed by atoms with Gasteiger partial charge >= 0.3 is 0 Å². The van der Waals surface area contributed by atoms with Gasteiger partial charge in [0, 0.05) is 35.3 Å². The molecule has 2 aromatic rings. The third kappa shape index (κ3) is 4.26. The third-order valence-electron chi connectivity index (χ3n) is 3.57. The SMILES string of the molecule is CC(C)C[C@H](CN)CC(=O)Nc1cccc2cnccc12. The van der Waals surface area contributed by atoms with Crippen molar-refractivity contribution in [2.75, 3.05) is 11.9 Å². The Hall–Kier alpha value is -1.94. The summed E-state index contributed by atoms with van der Waals surface area (Å²) in [7, 11) is 0. The first-order valence-corrected chi connectivity index (χ1v) is 7.42. The largest absolute Gasteiger partial charge is 0.330 e. The van der Waals surface area contributed by atoms with Gasteiger partial charge in [-0.2, -0.15) is 0 Å². The summed E-state index contributed by atoms with van der Waals surface area (Å²) in [5.74, 6) is 0.812. The van der Waals surface area contributed by atoms with Crippen LogP contribution in [0.25, 0.3) is 10.8 Å². The highest BCUT2D eigenvalue weighted by atomic mass is 16.1. The fraction of sp³-hybridized carbons (Fsp3) is 0.412. The van der Waals surface area contributed by atoms with Gasteiger partial charge in [-0.15, -0.1) is 0 Å². The summed E-state index contributed by atoms with van der Waals surface area (Å²) in [6, 6.07) is 7.74. The van der Waals surface area contributed by atoms with Crippen LogP contribution in [0.15, 0.2) is 36.7 Å². The fourth-order valence-corrected chi connectivity index (χ4v) is 2.62. The van der Waals surface area contributed by atoms with Crippen LogP contribution in [-0.2, 0) is 4.79 Å². The van der Waals surface area contributed by atoms with Crippen LogP contribution in [0.4, 0.5) is 5.69 Å². The molecule has 1 aromatic heterocycles. The molecule has 0 fully saturated rings. The van der Waals surface area contributed by atoms with E-state index in [-0.39, 0.29) is 11.8 Å². The van der Waals surface area contributed by atoms with Crippen LogP contribution in [-0.4, -0.2) is 17.4 Å². The summed E-state index contributed by atoms with van der Waals surface area (Å²) in [4.78, 5) is 16.3. The van der Waals surface area contributed by atoms with Crippen LogP contribution in [0.3, 0.4) is 0 Å². The van der Waals surface area contributed by atoms with Crippen molar-refractivity contribution in [1.29, 1.82) is 0 Å². The number of anilines is 1. The predicted molar refractivity (Wildman–Crippen MR) is 87.0 cm³/mol. The van der Waals surface area contributed by atoms with E-state index in [4.69, 9.17) is 5.73 Å². The lowest BCUT2D eigenvalue weighted by molar-refractivity contribution is -0.117. The molecule has 4 nitrogen and oxygen atoms in total. The maximum absolute atomic E-state index is 12.2. The fourth-order valence-electron chi connectivity index (χ4n) is 2.62. The molecular formula is C17H23N3O. The number of amides is 1. The lowest BCUT2D eigenvalue weighted by Gasteiger charge is -2.17. The number of nitrogens with zero attached hydrogens (tertiary/aromatic N) is 1. The third-order valence-corrected chi connectivity index (χ3v) is 3.57. The van der Waals surface area contributed by atoms with Gasteiger partial charge in [0.2, 0.25) is 5.91 Å². The molecule has 0 bridgehead atoms. The molecule has 3 N–H and O–H groups in total. The Balaban J connectivity index is 2.07. The summed E-state index contributed by atoms with van der Waals surface area (Å²) >= 11 is 0. The number of rotatable bonds is 6.